The van der Waals surface area contributed by atoms with Gasteiger partial charge in [0.2, 0.25) is 0 Å². The molecule has 0 N–H and O–H groups in total. The van der Waals surface area contributed by atoms with Crippen LogP contribution < -0.4 is 4.90 Å². The average Bonchev–Trinajstić information content (AvgIpc) is 3.39. The number of aryl methyl sites for hydroxylation is 1. The number of hydrogen-bond donors (Lipinski definition) is 0. The molecule has 0 radical (unpaired) electrons. The van der Waals surface area contributed by atoms with Gasteiger partial charge >= 0.3 is 0 Å². The molecule has 168 valence electrons. The first kappa shape index (κ1) is 22.5. The van der Waals surface area contributed by atoms with Crippen LogP contribution in [-0.4, -0.2) is 16.1 Å². The van der Waals surface area contributed by atoms with E-state index >= 15 is 0 Å². The Hall–Kier alpha value is -3.32. The number of rotatable bonds is 4. The fourth-order valence-corrected chi connectivity index (χ4v) is 5.02. The maximum Gasteiger partial charge on any atom is 0.271 e. The molecule has 0 bridgehead atoms. The second-order valence-corrected chi connectivity index (χ2v) is 9.24. The summed E-state index contributed by atoms with van der Waals surface area (Å²) >= 11 is 13.9. The molecule has 0 aliphatic carbocycles. The summed E-state index contributed by atoms with van der Waals surface area (Å²) in [6.45, 7) is 1.90. The maximum absolute atomic E-state index is 13.4. The number of hydrogen-bond acceptors (Lipinski definition) is 5. The van der Waals surface area contributed by atoms with Crippen molar-refractivity contribution in [3.63, 3.8) is 0 Å². The minimum atomic E-state index is -0.198. The molecule has 1 aliphatic heterocycles. The van der Waals surface area contributed by atoms with E-state index in [1.54, 1.807) is 41.3 Å². The van der Waals surface area contributed by atoms with Crippen molar-refractivity contribution in [1.29, 1.82) is 0 Å². The normalized spacial score (nSPS) is 16.1. The number of halogens is 2. The molecular weight excluding hydrogens is 489 g/mol. The predicted molar refractivity (Wildman–Crippen MR) is 140 cm³/mol. The highest BCUT2D eigenvalue weighted by atomic mass is 35.5. The summed E-state index contributed by atoms with van der Waals surface area (Å²) < 4.78 is 5.97. The monoisotopic (exact) mass is 505 g/mol. The lowest BCUT2D eigenvalue weighted by atomic mass is 10.2. The fraction of sp³-hybridized carbons (Fsp3) is 0.0385. The largest absolute Gasteiger partial charge is 0.457 e. The molecule has 1 amide bonds. The van der Waals surface area contributed by atoms with Gasteiger partial charge in [0.25, 0.3) is 5.91 Å². The van der Waals surface area contributed by atoms with Gasteiger partial charge in [-0.25, -0.2) is 9.98 Å². The fourth-order valence-electron chi connectivity index (χ4n) is 3.47. The standard InChI is InChI=1S/C26H17Cl2N3O2S/c1-16-7-5-12-23(29-16)30-26-31(17-8-3-2-4-9-17)25(32)22(34-26)15-18-13-14-21(33-18)24-19(27)10-6-11-20(24)28/h2-15H,1H3/b22-15+,30-26+. The first-order valence-corrected chi connectivity index (χ1v) is 11.9. The Balaban J connectivity index is 1.53. The molecule has 0 saturated carbocycles. The zero-order valence-corrected chi connectivity index (χ0v) is 20.2. The zero-order valence-electron chi connectivity index (χ0n) is 17.9. The molecule has 3 heterocycles. The van der Waals surface area contributed by atoms with E-state index in [-0.39, 0.29) is 5.91 Å². The number of pyridine rings is 1. The minimum Gasteiger partial charge on any atom is -0.457 e. The van der Waals surface area contributed by atoms with Crippen LogP contribution in [0.5, 0.6) is 0 Å². The van der Waals surface area contributed by atoms with Crippen molar-refractivity contribution < 1.29 is 9.21 Å². The molecule has 2 aromatic heterocycles. The van der Waals surface area contributed by atoms with E-state index in [9.17, 15) is 4.79 Å². The van der Waals surface area contributed by atoms with Crippen LogP contribution in [0.3, 0.4) is 0 Å². The van der Waals surface area contributed by atoms with Gasteiger partial charge in [-0.3, -0.25) is 9.69 Å². The molecule has 4 aromatic rings. The van der Waals surface area contributed by atoms with Gasteiger partial charge in [0, 0.05) is 11.8 Å². The molecule has 1 fully saturated rings. The summed E-state index contributed by atoms with van der Waals surface area (Å²) in [5.41, 5.74) is 2.18. The van der Waals surface area contributed by atoms with E-state index in [0.717, 1.165) is 11.4 Å². The Morgan fingerprint density at radius 1 is 0.941 bits per heavy atom. The highest BCUT2D eigenvalue weighted by Gasteiger charge is 2.35. The molecule has 0 unspecified atom stereocenters. The Morgan fingerprint density at radius 2 is 1.68 bits per heavy atom. The summed E-state index contributed by atoms with van der Waals surface area (Å²) in [5.74, 6) is 1.36. The van der Waals surface area contributed by atoms with Gasteiger partial charge in [-0.15, -0.1) is 0 Å². The number of anilines is 1. The Bertz CT molecular complexity index is 1430. The van der Waals surface area contributed by atoms with E-state index in [1.165, 1.54) is 11.8 Å². The number of aromatic nitrogens is 1. The molecular formula is C26H17Cl2N3O2S. The van der Waals surface area contributed by atoms with Crippen LogP contribution in [0.15, 0.2) is 93.2 Å². The smallest absolute Gasteiger partial charge is 0.271 e. The van der Waals surface area contributed by atoms with Crippen LogP contribution in [0.25, 0.3) is 17.4 Å². The molecule has 0 atom stereocenters. The zero-order chi connectivity index (χ0) is 23.7. The third-order valence-electron chi connectivity index (χ3n) is 5.01. The minimum absolute atomic E-state index is 0.198. The van der Waals surface area contributed by atoms with E-state index < -0.39 is 0 Å². The van der Waals surface area contributed by atoms with Crippen LogP contribution >= 0.6 is 35.0 Å². The van der Waals surface area contributed by atoms with Gasteiger partial charge in [-0.05, 0) is 67.2 Å². The maximum atomic E-state index is 13.4. The second-order valence-electron chi connectivity index (χ2n) is 7.42. The molecule has 2 aromatic carbocycles. The van der Waals surface area contributed by atoms with Crippen LogP contribution in [0.4, 0.5) is 11.5 Å². The van der Waals surface area contributed by atoms with Gasteiger partial charge in [0.1, 0.15) is 11.5 Å². The van der Waals surface area contributed by atoms with Gasteiger partial charge in [-0.2, -0.15) is 0 Å². The number of carbonyl (C=O) groups excluding carboxylic acids is 1. The first-order chi connectivity index (χ1) is 16.5. The van der Waals surface area contributed by atoms with Crippen LogP contribution in [0.1, 0.15) is 11.5 Å². The topological polar surface area (TPSA) is 58.7 Å². The number of aliphatic imine (C=N–C) groups is 1. The van der Waals surface area contributed by atoms with Crippen LogP contribution in [0, 0.1) is 6.92 Å². The van der Waals surface area contributed by atoms with Crippen molar-refractivity contribution in [2.75, 3.05) is 4.90 Å². The van der Waals surface area contributed by atoms with E-state index in [0.29, 0.717) is 43.0 Å². The quantitative estimate of drug-likeness (QED) is 0.266. The number of amidine groups is 1. The number of benzene rings is 2. The van der Waals surface area contributed by atoms with Gasteiger partial charge < -0.3 is 4.42 Å². The van der Waals surface area contributed by atoms with Crippen molar-refractivity contribution in [2.45, 2.75) is 6.92 Å². The number of para-hydroxylation sites is 1. The van der Waals surface area contributed by atoms with Crippen molar-refractivity contribution in [3.8, 4) is 11.3 Å². The molecule has 1 aliphatic rings. The number of carbonyl (C=O) groups is 1. The first-order valence-electron chi connectivity index (χ1n) is 10.4. The molecule has 8 heteroatoms. The lowest BCUT2D eigenvalue weighted by molar-refractivity contribution is -0.113. The average molecular weight is 506 g/mol. The molecule has 1 saturated heterocycles. The number of thioether (sulfide) groups is 1. The Kier molecular flexibility index (Phi) is 6.28. The highest BCUT2D eigenvalue weighted by Crippen LogP contribution is 2.39. The Labute approximate surface area is 210 Å². The third kappa shape index (κ3) is 4.53. The number of furan rings is 1. The van der Waals surface area contributed by atoms with Crippen molar-refractivity contribution >= 4 is 63.6 Å². The van der Waals surface area contributed by atoms with E-state index in [4.69, 9.17) is 27.6 Å². The van der Waals surface area contributed by atoms with Gasteiger partial charge in [0.15, 0.2) is 11.0 Å². The van der Waals surface area contributed by atoms with Gasteiger partial charge in [-0.1, -0.05) is 53.5 Å². The SMILES string of the molecule is Cc1cccc(/N=C2/S/C(=C/c3ccc(-c4c(Cl)cccc4Cl)o3)C(=O)N2c2ccccc2)n1. The third-order valence-corrected chi connectivity index (χ3v) is 6.61. The molecule has 34 heavy (non-hydrogen) atoms. The molecule has 5 nitrogen and oxygen atoms in total. The summed E-state index contributed by atoms with van der Waals surface area (Å²) in [5, 5.41) is 1.49. The lowest BCUT2D eigenvalue weighted by Gasteiger charge is -2.15. The summed E-state index contributed by atoms with van der Waals surface area (Å²) in [6.07, 6.45) is 1.70. The van der Waals surface area contributed by atoms with Crippen molar-refractivity contribution in [3.05, 3.63) is 105 Å². The van der Waals surface area contributed by atoms with Crippen LogP contribution in [0.2, 0.25) is 10.0 Å². The van der Waals surface area contributed by atoms with Crippen molar-refractivity contribution in [2.24, 2.45) is 4.99 Å². The summed E-state index contributed by atoms with van der Waals surface area (Å²) in [6, 6.07) is 23.8. The molecule has 0 spiro atoms. The summed E-state index contributed by atoms with van der Waals surface area (Å²) in [4.78, 5) is 24.6. The molecule has 5 rings (SSSR count). The number of amides is 1. The number of nitrogens with zero attached hydrogens (tertiary/aromatic N) is 3. The highest BCUT2D eigenvalue weighted by molar-refractivity contribution is 8.19. The van der Waals surface area contributed by atoms with Gasteiger partial charge in [0.05, 0.1) is 26.2 Å². The van der Waals surface area contributed by atoms with E-state index in [1.807, 2.05) is 55.5 Å². The lowest BCUT2D eigenvalue weighted by Crippen LogP contribution is -2.28. The van der Waals surface area contributed by atoms with Crippen molar-refractivity contribution in [1.82, 2.24) is 4.98 Å². The Morgan fingerprint density at radius 3 is 2.41 bits per heavy atom. The van der Waals surface area contributed by atoms with E-state index in [2.05, 4.69) is 9.98 Å². The predicted octanol–water partition coefficient (Wildman–Crippen LogP) is 7.77. The second kappa shape index (κ2) is 9.50. The van der Waals surface area contributed by atoms with Crippen LogP contribution in [-0.2, 0) is 4.79 Å². The summed E-state index contributed by atoms with van der Waals surface area (Å²) in [7, 11) is 0.